The Morgan fingerprint density at radius 2 is 1.52 bits per heavy atom. The van der Waals surface area contributed by atoms with E-state index in [4.69, 9.17) is 16.3 Å². The van der Waals surface area contributed by atoms with Gasteiger partial charge in [-0.1, -0.05) is 59.1 Å². The number of carbonyl (C=O) groups excluding carboxylic acids is 1. The van der Waals surface area contributed by atoms with Gasteiger partial charge in [0, 0.05) is 5.02 Å². The molecule has 1 N–H and O–H groups in total. The molecule has 0 spiro atoms. The Hall–Kier alpha value is -4.14. The fourth-order valence-corrected chi connectivity index (χ4v) is 5.59. The number of anilines is 1. The molecule has 0 saturated heterocycles. The summed E-state index contributed by atoms with van der Waals surface area (Å²) >= 11 is 6.09. The first-order valence-electron chi connectivity index (χ1n) is 12.6. The molecule has 0 aromatic heterocycles. The molecule has 7 nitrogen and oxygen atoms in total. The van der Waals surface area contributed by atoms with E-state index in [1.165, 1.54) is 23.9 Å². The molecule has 4 aromatic rings. The predicted molar refractivity (Wildman–Crippen MR) is 160 cm³/mol. The lowest BCUT2D eigenvalue weighted by molar-refractivity contribution is -0.119. The highest BCUT2D eigenvalue weighted by molar-refractivity contribution is 7.92. The average Bonchev–Trinajstić information content (AvgIpc) is 2.93. The number of halogens is 1. The van der Waals surface area contributed by atoms with Crippen LogP contribution in [0.3, 0.4) is 0 Å². The Labute approximate surface area is 240 Å². The summed E-state index contributed by atoms with van der Waals surface area (Å²) in [6, 6.07) is 26.7. The highest BCUT2D eigenvalue weighted by Crippen LogP contribution is 2.29. The van der Waals surface area contributed by atoms with Crippen molar-refractivity contribution in [1.29, 1.82) is 0 Å². The quantitative estimate of drug-likeness (QED) is 0.180. The van der Waals surface area contributed by atoms with Crippen molar-refractivity contribution in [2.75, 3.05) is 10.8 Å². The number of sulfonamides is 1. The van der Waals surface area contributed by atoms with Gasteiger partial charge in [0.15, 0.2) is 0 Å². The number of hydrogen-bond acceptors (Lipinski definition) is 5. The number of rotatable bonds is 10. The van der Waals surface area contributed by atoms with Gasteiger partial charge >= 0.3 is 0 Å². The SMILES string of the molecule is Cc1ccc(COc2ccc(/C=N\NC(=O)CN(c3ccc(Cl)cc3C)S(=O)(=O)c3ccc(C)cc3)cc2)cc1. The van der Waals surface area contributed by atoms with E-state index in [0.717, 1.165) is 21.0 Å². The lowest BCUT2D eigenvalue weighted by atomic mass is 10.2. The fourth-order valence-electron chi connectivity index (χ4n) is 3.88. The largest absolute Gasteiger partial charge is 0.489 e. The molecule has 1 amide bonds. The summed E-state index contributed by atoms with van der Waals surface area (Å²) in [6.07, 6.45) is 1.48. The molecule has 4 rings (SSSR count). The van der Waals surface area contributed by atoms with Gasteiger partial charge in [-0.25, -0.2) is 13.8 Å². The van der Waals surface area contributed by atoms with E-state index in [1.54, 1.807) is 37.3 Å². The Bertz CT molecular complexity index is 1600. The molecule has 0 bridgehead atoms. The van der Waals surface area contributed by atoms with Gasteiger partial charge in [0.25, 0.3) is 15.9 Å². The highest BCUT2D eigenvalue weighted by atomic mass is 35.5. The van der Waals surface area contributed by atoms with Crippen LogP contribution in [0.25, 0.3) is 0 Å². The molecular weight excluding hydrogens is 546 g/mol. The van der Waals surface area contributed by atoms with Crippen molar-refractivity contribution < 1.29 is 17.9 Å². The maximum atomic E-state index is 13.6. The second-order valence-electron chi connectivity index (χ2n) is 9.39. The number of hydrogen-bond donors (Lipinski definition) is 1. The zero-order valence-electron chi connectivity index (χ0n) is 22.5. The Balaban J connectivity index is 1.42. The molecular formula is C31H30ClN3O4S. The van der Waals surface area contributed by atoms with Crippen LogP contribution < -0.4 is 14.5 Å². The number of benzene rings is 4. The number of hydrazone groups is 1. The van der Waals surface area contributed by atoms with Crippen LogP contribution in [0.5, 0.6) is 5.75 Å². The van der Waals surface area contributed by atoms with Crippen LogP contribution in [-0.4, -0.2) is 27.1 Å². The minimum Gasteiger partial charge on any atom is -0.489 e. The maximum Gasteiger partial charge on any atom is 0.264 e. The summed E-state index contributed by atoms with van der Waals surface area (Å²) in [7, 11) is -4.05. The number of nitrogens with one attached hydrogen (secondary N) is 1. The van der Waals surface area contributed by atoms with Gasteiger partial charge in [-0.15, -0.1) is 0 Å². The average molecular weight is 576 g/mol. The number of carbonyl (C=O) groups is 1. The summed E-state index contributed by atoms with van der Waals surface area (Å²) < 4.78 is 34.0. The molecule has 0 unspecified atom stereocenters. The molecule has 0 aliphatic carbocycles. The molecule has 4 aromatic carbocycles. The van der Waals surface area contributed by atoms with Crippen LogP contribution in [0.2, 0.25) is 5.02 Å². The van der Waals surface area contributed by atoms with Crippen LogP contribution in [0.1, 0.15) is 27.8 Å². The number of nitrogens with zero attached hydrogens (tertiary/aromatic N) is 2. The molecule has 0 fully saturated rings. The molecule has 0 aliphatic rings. The molecule has 0 saturated carbocycles. The molecule has 9 heteroatoms. The summed E-state index contributed by atoms with van der Waals surface area (Å²) in [5.41, 5.74) is 7.32. The van der Waals surface area contributed by atoms with Crippen molar-refractivity contribution >= 4 is 39.4 Å². The minimum atomic E-state index is -4.05. The lowest BCUT2D eigenvalue weighted by Gasteiger charge is -2.25. The fraction of sp³-hybridized carbons (Fsp3) is 0.161. The van der Waals surface area contributed by atoms with Crippen molar-refractivity contribution in [3.63, 3.8) is 0 Å². The van der Waals surface area contributed by atoms with Gasteiger partial charge in [0.1, 0.15) is 18.9 Å². The van der Waals surface area contributed by atoms with Gasteiger partial charge < -0.3 is 4.74 Å². The van der Waals surface area contributed by atoms with Gasteiger partial charge in [-0.2, -0.15) is 5.10 Å². The van der Waals surface area contributed by atoms with Crippen molar-refractivity contribution in [3.05, 3.63) is 124 Å². The van der Waals surface area contributed by atoms with Crippen LogP contribution in [0, 0.1) is 20.8 Å². The molecule has 206 valence electrons. The third-order valence-electron chi connectivity index (χ3n) is 6.13. The molecule has 0 aliphatic heterocycles. The number of amides is 1. The van der Waals surface area contributed by atoms with Crippen molar-refractivity contribution in [1.82, 2.24) is 5.43 Å². The number of ether oxygens (including phenoxy) is 1. The van der Waals surface area contributed by atoms with Gasteiger partial charge in [-0.05, 0) is 92.1 Å². The zero-order valence-corrected chi connectivity index (χ0v) is 24.0. The van der Waals surface area contributed by atoms with E-state index in [1.807, 2.05) is 62.4 Å². The van der Waals surface area contributed by atoms with E-state index < -0.39 is 22.5 Å². The second kappa shape index (κ2) is 12.8. The third kappa shape index (κ3) is 7.49. The third-order valence-corrected chi connectivity index (χ3v) is 8.14. The standard InChI is InChI=1S/C31H30ClN3O4S/c1-22-4-8-26(9-5-22)21-39-28-13-10-25(11-14-28)19-33-34-31(36)20-35(30-17-12-27(32)18-24(30)3)40(37,38)29-15-6-23(2)7-16-29/h4-19H,20-21H2,1-3H3,(H,34,36)/b33-19-. The maximum absolute atomic E-state index is 13.6. The minimum absolute atomic E-state index is 0.0773. The molecule has 0 radical (unpaired) electrons. The zero-order chi connectivity index (χ0) is 28.7. The van der Waals surface area contributed by atoms with E-state index in [-0.39, 0.29) is 4.90 Å². The summed E-state index contributed by atoms with van der Waals surface area (Å²) in [5.74, 6) is 0.108. The molecule has 40 heavy (non-hydrogen) atoms. The van der Waals surface area contributed by atoms with Crippen LogP contribution in [0.4, 0.5) is 5.69 Å². The van der Waals surface area contributed by atoms with Crippen molar-refractivity contribution in [3.8, 4) is 5.75 Å². The highest BCUT2D eigenvalue weighted by Gasteiger charge is 2.28. The summed E-state index contributed by atoms with van der Waals surface area (Å²) in [5, 5.41) is 4.48. The van der Waals surface area contributed by atoms with Crippen molar-refractivity contribution in [2.24, 2.45) is 5.10 Å². The second-order valence-corrected chi connectivity index (χ2v) is 11.7. The summed E-state index contributed by atoms with van der Waals surface area (Å²) in [4.78, 5) is 12.9. The van der Waals surface area contributed by atoms with Crippen LogP contribution in [0.15, 0.2) is 101 Å². The monoisotopic (exact) mass is 575 g/mol. The van der Waals surface area contributed by atoms with E-state index in [2.05, 4.69) is 10.5 Å². The van der Waals surface area contributed by atoms with E-state index >= 15 is 0 Å². The normalized spacial score (nSPS) is 11.4. The van der Waals surface area contributed by atoms with Crippen molar-refractivity contribution in [2.45, 2.75) is 32.3 Å². The Kier molecular flexibility index (Phi) is 9.24. The molecule has 0 atom stereocenters. The van der Waals surface area contributed by atoms with Gasteiger partial charge in [0.05, 0.1) is 16.8 Å². The van der Waals surface area contributed by atoms with E-state index in [0.29, 0.717) is 28.6 Å². The Morgan fingerprint density at radius 3 is 2.15 bits per heavy atom. The van der Waals surface area contributed by atoms with Crippen LogP contribution >= 0.6 is 11.6 Å². The van der Waals surface area contributed by atoms with Gasteiger partial charge in [0.2, 0.25) is 0 Å². The number of aryl methyl sites for hydroxylation is 3. The smallest absolute Gasteiger partial charge is 0.264 e. The first kappa shape index (κ1) is 28.9. The first-order chi connectivity index (χ1) is 19.1. The topological polar surface area (TPSA) is 88.1 Å². The van der Waals surface area contributed by atoms with Gasteiger partial charge in [-0.3, -0.25) is 9.10 Å². The van der Waals surface area contributed by atoms with E-state index in [9.17, 15) is 13.2 Å². The van der Waals surface area contributed by atoms with Crippen LogP contribution in [-0.2, 0) is 21.4 Å². The summed E-state index contributed by atoms with van der Waals surface area (Å²) in [6.45, 7) is 5.63. The molecule has 0 heterocycles. The lowest BCUT2D eigenvalue weighted by Crippen LogP contribution is -2.40. The predicted octanol–water partition coefficient (Wildman–Crippen LogP) is 6.19. The Morgan fingerprint density at radius 1 is 0.900 bits per heavy atom. The first-order valence-corrected chi connectivity index (χ1v) is 14.4.